The van der Waals surface area contributed by atoms with Crippen LogP contribution in [-0.4, -0.2) is 75.4 Å². The van der Waals surface area contributed by atoms with Gasteiger partial charge in [0.15, 0.2) is 0 Å². The molecule has 0 saturated carbocycles. The van der Waals surface area contributed by atoms with Gasteiger partial charge in [0, 0.05) is 56.7 Å². The maximum absolute atomic E-state index is 12.5. The Morgan fingerprint density at radius 1 is 1.10 bits per heavy atom. The van der Waals surface area contributed by atoms with E-state index in [4.69, 9.17) is 4.52 Å². The van der Waals surface area contributed by atoms with E-state index in [1.807, 2.05) is 26.0 Å². The fourth-order valence-electron chi connectivity index (χ4n) is 3.51. The minimum absolute atomic E-state index is 0.159. The first-order valence-corrected chi connectivity index (χ1v) is 10.1. The van der Waals surface area contributed by atoms with Crippen molar-refractivity contribution < 1.29 is 18.9 Å². The zero-order chi connectivity index (χ0) is 21.3. The first-order valence-electron chi connectivity index (χ1n) is 10.1. The molecule has 0 spiro atoms. The summed E-state index contributed by atoms with van der Waals surface area (Å²) in [6.07, 6.45) is 2.11. The highest BCUT2D eigenvalue weighted by Crippen LogP contribution is 2.22. The van der Waals surface area contributed by atoms with E-state index in [-0.39, 0.29) is 43.0 Å². The van der Waals surface area contributed by atoms with Crippen LogP contribution in [-0.2, 0) is 14.4 Å². The van der Waals surface area contributed by atoms with E-state index >= 15 is 0 Å². The number of nitrogens with zero attached hydrogens (tertiary/aromatic N) is 6. The molecule has 30 heavy (non-hydrogen) atoms. The summed E-state index contributed by atoms with van der Waals surface area (Å²) in [7, 11) is 0. The second kappa shape index (κ2) is 8.21. The van der Waals surface area contributed by atoms with Gasteiger partial charge in [0.05, 0.1) is 0 Å². The molecular formula is C20H24N6O4. The van der Waals surface area contributed by atoms with Crippen LogP contribution >= 0.6 is 0 Å². The van der Waals surface area contributed by atoms with Gasteiger partial charge < -0.3 is 14.3 Å². The number of rotatable bonds is 5. The van der Waals surface area contributed by atoms with Crippen molar-refractivity contribution in [1.82, 2.24) is 24.9 Å². The zero-order valence-corrected chi connectivity index (χ0v) is 17.1. The summed E-state index contributed by atoms with van der Waals surface area (Å²) >= 11 is 0. The monoisotopic (exact) mass is 412 g/mol. The molecule has 0 aliphatic carbocycles. The predicted molar refractivity (Wildman–Crippen MR) is 106 cm³/mol. The standard InChI is InChI=1S/C20H24N6O4/c1-13(2)20-22-19(23-30-20)14-3-4-15(21-11-14)24-7-9-25(10-8-24)18(29)12-26-16(27)5-6-17(26)28/h3-4,11,13H,5-10,12H2,1-2H3. The summed E-state index contributed by atoms with van der Waals surface area (Å²) in [5.41, 5.74) is 0.781. The SMILES string of the molecule is CC(C)c1nc(-c2ccc(N3CCN(C(=O)CN4C(=O)CCC4=O)CC3)nc2)no1. The highest BCUT2D eigenvalue weighted by molar-refractivity contribution is 6.04. The minimum atomic E-state index is -0.265. The van der Waals surface area contributed by atoms with Gasteiger partial charge in [-0.2, -0.15) is 4.98 Å². The summed E-state index contributed by atoms with van der Waals surface area (Å²) in [6.45, 7) is 6.10. The third kappa shape index (κ3) is 4.03. The number of hydrogen-bond acceptors (Lipinski definition) is 8. The summed E-state index contributed by atoms with van der Waals surface area (Å²) in [5, 5.41) is 4.00. The lowest BCUT2D eigenvalue weighted by Crippen LogP contribution is -2.52. The Morgan fingerprint density at radius 3 is 2.37 bits per heavy atom. The van der Waals surface area contributed by atoms with Crippen LogP contribution < -0.4 is 4.90 Å². The second-order valence-electron chi connectivity index (χ2n) is 7.76. The maximum atomic E-state index is 12.5. The summed E-state index contributed by atoms with van der Waals surface area (Å²) < 4.78 is 5.24. The molecular weight excluding hydrogens is 388 g/mol. The minimum Gasteiger partial charge on any atom is -0.353 e. The van der Waals surface area contributed by atoms with E-state index in [9.17, 15) is 14.4 Å². The van der Waals surface area contributed by atoms with Gasteiger partial charge in [-0.05, 0) is 12.1 Å². The first kappa shape index (κ1) is 20.0. The van der Waals surface area contributed by atoms with Gasteiger partial charge in [-0.25, -0.2) is 4.98 Å². The molecule has 0 bridgehead atoms. The Kier molecular flexibility index (Phi) is 5.47. The van der Waals surface area contributed by atoms with Gasteiger partial charge in [0.2, 0.25) is 29.4 Å². The quantitative estimate of drug-likeness (QED) is 0.670. The molecule has 2 aromatic heterocycles. The number of carbonyl (C=O) groups is 3. The van der Waals surface area contributed by atoms with Gasteiger partial charge in [-0.3, -0.25) is 19.3 Å². The van der Waals surface area contributed by atoms with E-state index in [1.54, 1.807) is 11.1 Å². The van der Waals surface area contributed by atoms with Gasteiger partial charge in [0.25, 0.3) is 0 Å². The Hall–Kier alpha value is -3.30. The number of anilines is 1. The van der Waals surface area contributed by atoms with Crippen LogP contribution in [0.15, 0.2) is 22.9 Å². The average Bonchev–Trinajstić information content (AvgIpc) is 3.37. The molecule has 2 aromatic rings. The fraction of sp³-hybridized carbons (Fsp3) is 0.500. The van der Waals surface area contributed by atoms with Gasteiger partial charge >= 0.3 is 0 Å². The molecule has 0 N–H and O–H groups in total. The molecule has 158 valence electrons. The van der Waals surface area contributed by atoms with Crippen molar-refractivity contribution in [2.45, 2.75) is 32.6 Å². The maximum Gasteiger partial charge on any atom is 0.242 e. The number of pyridine rings is 1. The third-order valence-electron chi connectivity index (χ3n) is 5.35. The molecule has 10 heteroatoms. The van der Waals surface area contributed by atoms with E-state index in [0.717, 1.165) is 16.3 Å². The normalized spacial score (nSPS) is 17.4. The molecule has 0 unspecified atom stereocenters. The van der Waals surface area contributed by atoms with Crippen LogP contribution in [0.3, 0.4) is 0 Å². The van der Waals surface area contributed by atoms with E-state index in [1.165, 1.54) is 0 Å². The number of hydrogen-bond donors (Lipinski definition) is 0. The number of aromatic nitrogens is 3. The zero-order valence-electron chi connectivity index (χ0n) is 17.1. The van der Waals surface area contributed by atoms with Crippen molar-refractivity contribution >= 4 is 23.5 Å². The van der Waals surface area contributed by atoms with Crippen molar-refractivity contribution in [2.75, 3.05) is 37.6 Å². The summed E-state index contributed by atoms with van der Waals surface area (Å²) in [4.78, 5) is 49.6. The second-order valence-corrected chi connectivity index (χ2v) is 7.76. The molecule has 0 aromatic carbocycles. The van der Waals surface area contributed by atoms with Crippen molar-refractivity contribution in [2.24, 2.45) is 0 Å². The lowest BCUT2D eigenvalue weighted by molar-refractivity contribution is -0.145. The Bertz CT molecular complexity index is 930. The molecule has 2 saturated heterocycles. The van der Waals surface area contributed by atoms with Crippen molar-refractivity contribution in [3.05, 3.63) is 24.2 Å². The number of likely N-dealkylation sites (tertiary alicyclic amines) is 1. The number of piperazine rings is 1. The summed E-state index contributed by atoms with van der Waals surface area (Å²) in [6, 6.07) is 3.80. The smallest absolute Gasteiger partial charge is 0.242 e. The third-order valence-corrected chi connectivity index (χ3v) is 5.35. The molecule has 3 amide bonds. The molecule has 2 fully saturated rings. The van der Waals surface area contributed by atoms with E-state index in [0.29, 0.717) is 37.9 Å². The largest absolute Gasteiger partial charge is 0.353 e. The molecule has 4 heterocycles. The molecule has 10 nitrogen and oxygen atoms in total. The number of imide groups is 1. The molecule has 2 aliphatic rings. The van der Waals surface area contributed by atoms with Crippen molar-refractivity contribution in [3.8, 4) is 11.4 Å². The summed E-state index contributed by atoms with van der Waals surface area (Å²) in [5.74, 6) is 1.35. The van der Waals surface area contributed by atoms with Crippen LogP contribution in [0.1, 0.15) is 38.5 Å². The van der Waals surface area contributed by atoms with Crippen LogP contribution in [0.5, 0.6) is 0 Å². The molecule has 4 rings (SSSR count). The lowest BCUT2D eigenvalue weighted by Gasteiger charge is -2.36. The van der Waals surface area contributed by atoms with Crippen molar-refractivity contribution in [3.63, 3.8) is 0 Å². The topological polar surface area (TPSA) is 113 Å². The number of carbonyl (C=O) groups excluding carboxylic acids is 3. The first-order chi connectivity index (χ1) is 14.4. The van der Waals surface area contributed by atoms with Gasteiger partial charge in [0.1, 0.15) is 12.4 Å². The molecule has 0 radical (unpaired) electrons. The van der Waals surface area contributed by atoms with Crippen LogP contribution in [0.25, 0.3) is 11.4 Å². The average molecular weight is 412 g/mol. The van der Waals surface area contributed by atoms with E-state index < -0.39 is 0 Å². The highest BCUT2D eigenvalue weighted by atomic mass is 16.5. The molecule has 2 aliphatic heterocycles. The van der Waals surface area contributed by atoms with E-state index in [2.05, 4.69) is 20.0 Å². The highest BCUT2D eigenvalue weighted by Gasteiger charge is 2.32. The Morgan fingerprint density at radius 2 is 1.80 bits per heavy atom. The van der Waals surface area contributed by atoms with Crippen LogP contribution in [0, 0.1) is 0 Å². The Balaban J connectivity index is 1.33. The lowest BCUT2D eigenvalue weighted by atomic mass is 10.2. The van der Waals surface area contributed by atoms with Gasteiger partial charge in [-0.1, -0.05) is 19.0 Å². The van der Waals surface area contributed by atoms with Crippen molar-refractivity contribution in [1.29, 1.82) is 0 Å². The number of amides is 3. The van der Waals surface area contributed by atoms with Gasteiger partial charge in [-0.15, -0.1) is 0 Å². The molecule has 0 atom stereocenters. The van der Waals surface area contributed by atoms with Crippen LogP contribution in [0.2, 0.25) is 0 Å². The fourth-order valence-corrected chi connectivity index (χ4v) is 3.51. The Labute approximate surface area is 173 Å². The predicted octanol–water partition coefficient (Wildman–Crippen LogP) is 1.05. The van der Waals surface area contributed by atoms with Crippen LogP contribution in [0.4, 0.5) is 5.82 Å².